The molecule has 8 N–H and O–H groups in total. The molecule has 1 unspecified atom stereocenters. The van der Waals surface area contributed by atoms with E-state index in [1.807, 2.05) is 0 Å². The van der Waals surface area contributed by atoms with Crippen LogP contribution in [-0.2, 0) is 20.0 Å². The Labute approximate surface area is 174 Å². The van der Waals surface area contributed by atoms with Crippen molar-refractivity contribution in [3.8, 4) is 5.75 Å². The number of allylic oxidation sites excluding steroid dienone is 1. The molecular weight excluding hydrogens is 412 g/mol. The maximum Gasteiger partial charge on any atom is 0.256 e. The minimum absolute atomic E-state index is 0.0826. The first-order valence-corrected chi connectivity index (χ1v) is 9.16. The molecule has 11 heteroatoms. The number of nitrogens with two attached hydrogens (primary N) is 1. The molecule has 31 heavy (non-hydrogen) atoms. The van der Waals surface area contributed by atoms with E-state index in [1.165, 1.54) is 25.1 Å². The van der Waals surface area contributed by atoms with E-state index in [2.05, 4.69) is 5.16 Å². The van der Waals surface area contributed by atoms with E-state index in [0.29, 0.717) is 0 Å². The number of phenols is 1. The summed E-state index contributed by atoms with van der Waals surface area (Å²) in [4.78, 5) is 38.0. The zero-order valence-electron chi connectivity index (χ0n) is 16.0. The van der Waals surface area contributed by atoms with Crippen LogP contribution in [0.1, 0.15) is 24.5 Å². The molecule has 4 atom stereocenters. The second-order valence-electron chi connectivity index (χ2n) is 7.95. The van der Waals surface area contributed by atoms with Crippen molar-refractivity contribution in [2.24, 2.45) is 22.7 Å². The smallest absolute Gasteiger partial charge is 0.256 e. The third-order valence-corrected chi connectivity index (χ3v) is 6.41. The molecule has 162 valence electrons. The molecule has 1 saturated carbocycles. The summed E-state index contributed by atoms with van der Waals surface area (Å²) in [5.74, 6) is -9.56. The van der Waals surface area contributed by atoms with Crippen LogP contribution in [0.15, 0.2) is 40.3 Å². The molecule has 0 radical (unpaired) electrons. The van der Waals surface area contributed by atoms with Gasteiger partial charge in [-0.1, -0.05) is 17.3 Å². The average Bonchev–Trinajstić information content (AvgIpc) is 2.68. The average molecular weight is 430 g/mol. The maximum atomic E-state index is 13.4. The van der Waals surface area contributed by atoms with Crippen LogP contribution in [0.2, 0.25) is 0 Å². The number of amides is 1. The van der Waals surface area contributed by atoms with E-state index in [9.17, 15) is 45.1 Å². The summed E-state index contributed by atoms with van der Waals surface area (Å²) in [7, 11) is 0. The minimum Gasteiger partial charge on any atom is -0.507 e. The van der Waals surface area contributed by atoms with Gasteiger partial charge in [-0.25, -0.2) is 0 Å². The van der Waals surface area contributed by atoms with Crippen LogP contribution < -0.4 is 5.73 Å². The lowest BCUT2D eigenvalue weighted by atomic mass is 9.55. The fourth-order valence-corrected chi connectivity index (χ4v) is 4.87. The normalized spacial score (nSPS) is 33.8. The van der Waals surface area contributed by atoms with Crippen molar-refractivity contribution in [2.75, 3.05) is 0 Å². The Kier molecular flexibility index (Phi) is 4.08. The summed E-state index contributed by atoms with van der Waals surface area (Å²) in [5.41, 5.74) is -2.40. The highest BCUT2D eigenvalue weighted by atomic mass is 16.4. The highest BCUT2D eigenvalue weighted by Crippen LogP contribution is 2.55. The number of hydrogen-bond donors (Lipinski definition) is 7. The third-order valence-electron chi connectivity index (χ3n) is 6.41. The lowest BCUT2D eigenvalue weighted by Gasteiger charge is -2.49. The molecule has 11 nitrogen and oxygen atoms in total. The van der Waals surface area contributed by atoms with Gasteiger partial charge < -0.3 is 36.5 Å². The largest absolute Gasteiger partial charge is 0.507 e. The van der Waals surface area contributed by atoms with Crippen LogP contribution in [0, 0.1) is 11.8 Å². The van der Waals surface area contributed by atoms with E-state index in [1.54, 1.807) is 0 Å². The molecule has 0 heterocycles. The van der Waals surface area contributed by atoms with Crippen molar-refractivity contribution in [1.29, 1.82) is 0 Å². The predicted octanol–water partition coefficient (Wildman–Crippen LogP) is -0.471. The minimum atomic E-state index is -3.05. The van der Waals surface area contributed by atoms with Crippen molar-refractivity contribution in [3.63, 3.8) is 0 Å². The van der Waals surface area contributed by atoms with Gasteiger partial charge in [0.05, 0.1) is 17.1 Å². The molecule has 1 aromatic carbocycles. The second kappa shape index (κ2) is 6.15. The molecule has 0 spiro atoms. The SMILES string of the molecule is CC1(O)c2cccc(O)c2C(O)=C2C(=O)[C@@]3(O)C(=O)C(C(N)=O)=C(O)/C(=N\O)[C@H]3C[C@H]21. The number of carbonyl (C=O) groups is 3. The Hall–Kier alpha value is -3.70. The zero-order chi connectivity index (χ0) is 23.0. The van der Waals surface area contributed by atoms with Crippen LogP contribution in [0.25, 0.3) is 5.76 Å². The van der Waals surface area contributed by atoms with Gasteiger partial charge in [0.1, 0.15) is 22.8 Å². The van der Waals surface area contributed by atoms with Crippen molar-refractivity contribution in [1.82, 2.24) is 0 Å². The molecule has 0 aromatic heterocycles. The fraction of sp³-hybridized carbons (Fsp3) is 0.300. The summed E-state index contributed by atoms with van der Waals surface area (Å²) in [6, 6.07) is 4.05. The van der Waals surface area contributed by atoms with Gasteiger partial charge in [-0.05, 0) is 25.0 Å². The first kappa shape index (κ1) is 20.6. The van der Waals surface area contributed by atoms with Gasteiger partial charge in [0.25, 0.3) is 5.91 Å². The second-order valence-corrected chi connectivity index (χ2v) is 7.95. The quantitative estimate of drug-likeness (QED) is 0.133. The zero-order valence-corrected chi connectivity index (χ0v) is 16.0. The summed E-state index contributed by atoms with van der Waals surface area (Å²) < 4.78 is 0. The molecule has 0 aliphatic heterocycles. The molecule has 1 amide bonds. The molecule has 1 aromatic rings. The number of fused-ring (bicyclic) bond motifs is 3. The Morgan fingerprint density at radius 1 is 1.10 bits per heavy atom. The van der Waals surface area contributed by atoms with E-state index < -0.39 is 81.1 Å². The van der Waals surface area contributed by atoms with Crippen LogP contribution in [0.3, 0.4) is 0 Å². The topological polar surface area (TPSA) is 211 Å². The van der Waals surface area contributed by atoms with Crippen molar-refractivity contribution in [3.05, 3.63) is 46.2 Å². The van der Waals surface area contributed by atoms with E-state index in [0.717, 1.165) is 0 Å². The molecule has 1 fully saturated rings. The number of aromatic hydroxyl groups is 1. The van der Waals surface area contributed by atoms with Gasteiger partial charge >= 0.3 is 0 Å². The van der Waals surface area contributed by atoms with Crippen molar-refractivity contribution < 1.29 is 45.1 Å². The number of phenolic OH excluding ortho intramolecular Hbond substituents is 1. The number of benzene rings is 1. The summed E-state index contributed by atoms with van der Waals surface area (Å²) in [5, 5.41) is 66.0. The van der Waals surface area contributed by atoms with E-state index in [4.69, 9.17) is 5.73 Å². The number of primary amides is 1. The highest BCUT2D eigenvalue weighted by molar-refractivity contribution is 6.38. The Morgan fingerprint density at radius 2 is 1.74 bits per heavy atom. The Balaban J connectivity index is 2.04. The molecule has 3 aliphatic rings. The van der Waals surface area contributed by atoms with Crippen LogP contribution >= 0.6 is 0 Å². The molecule has 0 bridgehead atoms. The third kappa shape index (κ3) is 2.29. The number of hydrogen-bond acceptors (Lipinski definition) is 10. The standard InChI is InChI=1S/C20H18N2O9/c1-19(29)6-3-2-4-9(23)10(6)14(24)11-7(19)5-8-13(22-31)15(25)12(18(21)28)17(27)20(8,30)16(11)26/h2-4,7-8,23-25,29-31H,5H2,1H3,(H2,21,28)/b22-13-/t7-,8-,19?,20-/m1/s1. The first-order chi connectivity index (χ1) is 14.4. The lowest BCUT2D eigenvalue weighted by molar-refractivity contribution is -0.157. The molecule has 3 aliphatic carbocycles. The number of aliphatic hydroxyl groups excluding tert-OH is 2. The van der Waals surface area contributed by atoms with Crippen molar-refractivity contribution >= 4 is 28.9 Å². The Bertz CT molecular complexity index is 1180. The summed E-state index contributed by atoms with van der Waals surface area (Å²) in [6.07, 6.45) is -0.440. The predicted molar refractivity (Wildman–Crippen MR) is 102 cm³/mol. The number of oxime groups is 1. The van der Waals surface area contributed by atoms with Crippen LogP contribution in [0.4, 0.5) is 0 Å². The fourth-order valence-electron chi connectivity index (χ4n) is 4.87. The van der Waals surface area contributed by atoms with E-state index >= 15 is 0 Å². The number of Topliss-reactive ketones (excluding diaryl/α,β-unsaturated/α-hetero) is 2. The van der Waals surface area contributed by atoms with Crippen LogP contribution in [-0.4, -0.2) is 59.5 Å². The van der Waals surface area contributed by atoms with Gasteiger partial charge in [-0.3, -0.25) is 14.4 Å². The van der Waals surface area contributed by atoms with Crippen LogP contribution in [0.5, 0.6) is 5.75 Å². The van der Waals surface area contributed by atoms with Gasteiger partial charge in [0.2, 0.25) is 11.6 Å². The van der Waals surface area contributed by atoms with Crippen molar-refractivity contribution in [2.45, 2.75) is 24.5 Å². The van der Waals surface area contributed by atoms with Gasteiger partial charge in [-0.15, -0.1) is 0 Å². The monoisotopic (exact) mass is 430 g/mol. The number of aliphatic hydroxyl groups is 4. The Morgan fingerprint density at radius 3 is 2.32 bits per heavy atom. The maximum absolute atomic E-state index is 13.4. The number of rotatable bonds is 1. The van der Waals surface area contributed by atoms with Gasteiger partial charge in [0, 0.05) is 11.5 Å². The summed E-state index contributed by atoms with van der Waals surface area (Å²) in [6.45, 7) is 1.31. The van der Waals surface area contributed by atoms with Gasteiger partial charge in [0.15, 0.2) is 11.4 Å². The highest BCUT2D eigenvalue weighted by Gasteiger charge is 2.66. The van der Waals surface area contributed by atoms with Gasteiger partial charge in [-0.2, -0.15) is 0 Å². The number of ketones is 2. The molecule has 4 rings (SSSR count). The number of nitrogens with zero attached hydrogens (tertiary/aromatic N) is 1. The number of carbonyl (C=O) groups excluding carboxylic acids is 3. The molecular formula is C20H18N2O9. The van der Waals surface area contributed by atoms with E-state index in [-0.39, 0.29) is 11.1 Å². The first-order valence-electron chi connectivity index (χ1n) is 9.16. The summed E-state index contributed by atoms with van der Waals surface area (Å²) >= 11 is 0. The lowest BCUT2D eigenvalue weighted by Crippen LogP contribution is -2.65. The molecule has 0 saturated heterocycles.